The van der Waals surface area contributed by atoms with Crippen molar-refractivity contribution in [3.63, 3.8) is 0 Å². The van der Waals surface area contributed by atoms with E-state index in [1.54, 1.807) is 0 Å². The fourth-order valence-corrected chi connectivity index (χ4v) is 4.45. The Morgan fingerprint density at radius 3 is 2.42 bits per heavy atom. The van der Waals surface area contributed by atoms with Gasteiger partial charge >= 0.3 is 11.7 Å². The van der Waals surface area contributed by atoms with Crippen LogP contribution in [0.5, 0.6) is 0 Å². The molecule has 0 bridgehead atoms. The summed E-state index contributed by atoms with van der Waals surface area (Å²) in [7, 11) is 0. The number of carbonyl (C=O) groups excluding carboxylic acids is 1. The Kier molecular flexibility index (Phi) is 5.00. The summed E-state index contributed by atoms with van der Waals surface area (Å²) >= 11 is 0. The van der Waals surface area contributed by atoms with Gasteiger partial charge in [0.25, 0.3) is 0 Å². The highest BCUT2D eigenvalue weighted by Crippen LogP contribution is 2.25. The van der Waals surface area contributed by atoms with Gasteiger partial charge in [-0.15, -0.1) is 0 Å². The minimum atomic E-state index is -0.0486. The summed E-state index contributed by atoms with van der Waals surface area (Å²) in [6.07, 6.45) is 8.86. The summed E-state index contributed by atoms with van der Waals surface area (Å²) in [5.41, 5.74) is 1.79. The molecule has 0 spiro atoms. The first kappa shape index (κ1) is 17.2. The van der Waals surface area contributed by atoms with Crippen molar-refractivity contribution in [1.82, 2.24) is 19.8 Å². The van der Waals surface area contributed by atoms with Crippen LogP contribution < -0.4 is 11.0 Å². The van der Waals surface area contributed by atoms with Crippen LogP contribution in [0.4, 0.5) is 4.79 Å². The van der Waals surface area contributed by atoms with Gasteiger partial charge in [-0.2, -0.15) is 0 Å². The minimum Gasteiger partial charge on any atom is -0.335 e. The number of hydrogen-bond donors (Lipinski definition) is 2. The van der Waals surface area contributed by atoms with E-state index in [-0.39, 0.29) is 17.8 Å². The number of amides is 2. The number of para-hydroxylation sites is 2. The van der Waals surface area contributed by atoms with E-state index in [2.05, 4.69) is 10.3 Å². The van der Waals surface area contributed by atoms with E-state index in [1.165, 1.54) is 25.7 Å². The predicted molar refractivity (Wildman–Crippen MR) is 102 cm³/mol. The molecule has 2 heterocycles. The number of hydrogen-bond acceptors (Lipinski definition) is 2. The van der Waals surface area contributed by atoms with E-state index in [9.17, 15) is 9.59 Å². The van der Waals surface area contributed by atoms with Crippen LogP contribution in [0.25, 0.3) is 11.0 Å². The number of carbonyl (C=O) groups is 1. The van der Waals surface area contributed by atoms with Gasteiger partial charge in [0.2, 0.25) is 0 Å². The number of nitrogens with one attached hydrogen (secondary N) is 2. The lowest BCUT2D eigenvalue weighted by Gasteiger charge is -2.33. The van der Waals surface area contributed by atoms with E-state index in [0.717, 1.165) is 36.7 Å². The largest absolute Gasteiger partial charge is 0.335 e. The Bertz CT molecular complexity index is 809. The Morgan fingerprint density at radius 1 is 1.00 bits per heavy atom. The van der Waals surface area contributed by atoms with Gasteiger partial charge in [0.1, 0.15) is 0 Å². The van der Waals surface area contributed by atoms with Crippen LogP contribution in [0.1, 0.15) is 57.4 Å². The average Bonchev–Trinajstić information content (AvgIpc) is 2.81. The molecule has 140 valence electrons. The Hall–Kier alpha value is -2.24. The number of urea groups is 1. The molecule has 4 rings (SSSR count). The highest BCUT2D eigenvalue weighted by atomic mass is 16.2. The number of aromatic nitrogens is 2. The highest BCUT2D eigenvalue weighted by Gasteiger charge is 2.27. The van der Waals surface area contributed by atoms with Crippen LogP contribution in [-0.4, -0.2) is 39.6 Å². The average molecular weight is 356 g/mol. The smallest absolute Gasteiger partial charge is 0.326 e. The number of imidazole rings is 1. The molecule has 2 aliphatic rings. The minimum absolute atomic E-state index is 0.0486. The van der Waals surface area contributed by atoms with E-state index >= 15 is 0 Å². The highest BCUT2D eigenvalue weighted by molar-refractivity contribution is 5.75. The number of nitrogens with zero attached hydrogens (tertiary/aromatic N) is 2. The molecule has 2 N–H and O–H groups in total. The first-order chi connectivity index (χ1) is 12.7. The predicted octanol–water partition coefficient (Wildman–Crippen LogP) is 3.40. The van der Waals surface area contributed by atoms with E-state index in [0.29, 0.717) is 19.1 Å². The zero-order valence-electron chi connectivity index (χ0n) is 15.2. The van der Waals surface area contributed by atoms with Crippen molar-refractivity contribution in [2.24, 2.45) is 0 Å². The number of H-pyrrole nitrogens is 1. The standard InChI is InChI=1S/C20H28N4O2/c25-19(21-15-7-3-1-2-4-8-15)23-13-11-16(12-14-23)24-18-10-6-5-9-17(18)22-20(24)26/h5-6,9-10,15-16H,1-4,7-8,11-14H2,(H,21,25)(H,22,26). The van der Waals surface area contributed by atoms with Gasteiger partial charge in [0.05, 0.1) is 11.0 Å². The quantitative estimate of drug-likeness (QED) is 0.810. The van der Waals surface area contributed by atoms with Crippen molar-refractivity contribution in [2.75, 3.05) is 13.1 Å². The first-order valence-electron chi connectivity index (χ1n) is 9.97. The van der Waals surface area contributed by atoms with Gasteiger partial charge in [-0.1, -0.05) is 37.8 Å². The number of fused-ring (bicyclic) bond motifs is 1. The van der Waals surface area contributed by atoms with Gasteiger partial charge < -0.3 is 15.2 Å². The number of benzene rings is 1. The van der Waals surface area contributed by atoms with Gasteiger partial charge in [0, 0.05) is 25.2 Å². The molecular formula is C20H28N4O2. The summed E-state index contributed by atoms with van der Waals surface area (Å²) in [5, 5.41) is 3.23. The number of aromatic amines is 1. The lowest BCUT2D eigenvalue weighted by Crippen LogP contribution is -2.48. The Labute approximate surface area is 153 Å². The molecule has 1 saturated carbocycles. The first-order valence-corrected chi connectivity index (χ1v) is 9.97. The third-order valence-corrected chi connectivity index (χ3v) is 5.92. The topological polar surface area (TPSA) is 70.1 Å². The van der Waals surface area contributed by atoms with Crippen LogP contribution in [0.3, 0.4) is 0 Å². The summed E-state index contributed by atoms with van der Waals surface area (Å²) in [4.78, 5) is 29.8. The molecular weight excluding hydrogens is 328 g/mol. The summed E-state index contributed by atoms with van der Waals surface area (Å²) in [5.74, 6) is 0. The molecule has 1 aliphatic carbocycles. The van der Waals surface area contributed by atoms with Gasteiger partial charge in [0.15, 0.2) is 0 Å². The van der Waals surface area contributed by atoms with Crippen molar-refractivity contribution < 1.29 is 4.79 Å². The summed E-state index contributed by atoms with van der Waals surface area (Å²) < 4.78 is 1.87. The zero-order valence-corrected chi connectivity index (χ0v) is 15.2. The SMILES string of the molecule is O=C(NC1CCCCCC1)N1CCC(n2c(=O)[nH]c3ccccc32)CC1. The molecule has 1 aromatic heterocycles. The van der Waals surface area contributed by atoms with Crippen molar-refractivity contribution >= 4 is 17.1 Å². The molecule has 1 saturated heterocycles. The van der Waals surface area contributed by atoms with Crippen LogP contribution in [0, 0.1) is 0 Å². The summed E-state index contributed by atoms with van der Waals surface area (Å²) in [6, 6.07) is 8.37. The van der Waals surface area contributed by atoms with Gasteiger partial charge in [-0.25, -0.2) is 9.59 Å². The zero-order chi connectivity index (χ0) is 17.9. The molecule has 0 atom stereocenters. The second-order valence-corrected chi connectivity index (χ2v) is 7.67. The van der Waals surface area contributed by atoms with E-state index in [4.69, 9.17) is 0 Å². The molecule has 1 aliphatic heterocycles. The van der Waals surface area contributed by atoms with Crippen molar-refractivity contribution in [3.05, 3.63) is 34.7 Å². The molecule has 0 radical (unpaired) electrons. The lowest BCUT2D eigenvalue weighted by molar-refractivity contribution is 0.167. The second kappa shape index (κ2) is 7.56. The molecule has 26 heavy (non-hydrogen) atoms. The van der Waals surface area contributed by atoms with Gasteiger partial charge in [-0.05, 0) is 37.8 Å². The molecule has 6 heteroatoms. The monoisotopic (exact) mass is 356 g/mol. The van der Waals surface area contributed by atoms with Crippen LogP contribution >= 0.6 is 0 Å². The second-order valence-electron chi connectivity index (χ2n) is 7.67. The van der Waals surface area contributed by atoms with Crippen molar-refractivity contribution in [1.29, 1.82) is 0 Å². The number of rotatable bonds is 2. The Balaban J connectivity index is 1.38. The lowest BCUT2D eigenvalue weighted by atomic mass is 10.0. The van der Waals surface area contributed by atoms with E-state index in [1.807, 2.05) is 33.7 Å². The maximum atomic E-state index is 12.6. The number of likely N-dealkylation sites (tertiary alicyclic amines) is 1. The summed E-state index contributed by atoms with van der Waals surface area (Å²) in [6.45, 7) is 1.41. The van der Waals surface area contributed by atoms with Gasteiger partial charge in [-0.3, -0.25) is 4.57 Å². The maximum absolute atomic E-state index is 12.6. The Morgan fingerprint density at radius 2 is 1.69 bits per heavy atom. The third kappa shape index (κ3) is 3.50. The molecule has 1 aromatic carbocycles. The van der Waals surface area contributed by atoms with Crippen molar-refractivity contribution in [3.8, 4) is 0 Å². The fourth-order valence-electron chi connectivity index (χ4n) is 4.45. The van der Waals surface area contributed by atoms with E-state index < -0.39 is 0 Å². The van der Waals surface area contributed by atoms with Crippen LogP contribution in [0.15, 0.2) is 29.1 Å². The normalized spacial score (nSPS) is 20.2. The molecule has 2 fully saturated rings. The van der Waals surface area contributed by atoms with Crippen LogP contribution in [0.2, 0.25) is 0 Å². The molecule has 0 unspecified atom stereocenters. The number of piperidine rings is 1. The molecule has 6 nitrogen and oxygen atoms in total. The molecule has 2 amide bonds. The van der Waals surface area contributed by atoms with Crippen molar-refractivity contribution in [2.45, 2.75) is 63.5 Å². The molecule has 2 aromatic rings. The third-order valence-electron chi connectivity index (χ3n) is 5.92. The maximum Gasteiger partial charge on any atom is 0.326 e. The fraction of sp³-hybridized carbons (Fsp3) is 0.600. The van der Waals surface area contributed by atoms with Crippen LogP contribution in [-0.2, 0) is 0 Å².